The number of nitrogens with zero attached hydrogens (tertiary/aromatic N) is 2. The van der Waals surface area contributed by atoms with Crippen molar-refractivity contribution in [1.29, 1.82) is 0 Å². The van der Waals surface area contributed by atoms with E-state index in [-0.39, 0.29) is 24.9 Å². The highest BCUT2D eigenvalue weighted by atomic mass is 16.5. The molecule has 4 atom stereocenters. The molecule has 0 aliphatic heterocycles. The first-order chi connectivity index (χ1) is 15.5. The molecule has 1 saturated carbocycles. The summed E-state index contributed by atoms with van der Waals surface area (Å²) in [4.78, 5) is 4.17. The van der Waals surface area contributed by atoms with E-state index in [1.165, 1.54) is 0 Å². The van der Waals surface area contributed by atoms with Crippen LogP contribution in [0.1, 0.15) is 49.7 Å². The minimum atomic E-state index is -0.702. The SMILES string of the molecule is CC(O)c1nccn1C(/C=C/c1ccc(-c2ccc(O[C@@H]3CCC[C@H]3O)cc2)cc1)CO. The first-order valence-electron chi connectivity index (χ1n) is 11.1. The Morgan fingerprint density at radius 2 is 1.78 bits per heavy atom. The molecule has 1 fully saturated rings. The highest BCUT2D eigenvalue weighted by Crippen LogP contribution is 2.27. The Morgan fingerprint density at radius 3 is 2.38 bits per heavy atom. The molecular formula is C26H30N2O4. The maximum Gasteiger partial charge on any atom is 0.137 e. The van der Waals surface area contributed by atoms with Gasteiger partial charge in [0.15, 0.2) is 0 Å². The Labute approximate surface area is 188 Å². The van der Waals surface area contributed by atoms with Crippen molar-refractivity contribution in [3.63, 3.8) is 0 Å². The summed E-state index contributed by atoms with van der Waals surface area (Å²) >= 11 is 0. The molecule has 1 aliphatic carbocycles. The predicted molar refractivity (Wildman–Crippen MR) is 124 cm³/mol. The monoisotopic (exact) mass is 434 g/mol. The van der Waals surface area contributed by atoms with E-state index in [4.69, 9.17) is 4.74 Å². The maximum absolute atomic E-state index is 9.93. The summed E-state index contributed by atoms with van der Waals surface area (Å²) in [5, 5.41) is 29.6. The third-order valence-corrected chi connectivity index (χ3v) is 5.93. The topological polar surface area (TPSA) is 87.7 Å². The van der Waals surface area contributed by atoms with E-state index in [1.54, 1.807) is 23.9 Å². The van der Waals surface area contributed by atoms with E-state index in [1.807, 2.05) is 48.6 Å². The lowest BCUT2D eigenvalue weighted by Gasteiger charge is -2.17. The number of rotatable bonds is 8. The highest BCUT2D eigenvalue weighted by molar-refractivity contribution is 5.66. The van der Waals surface area contributed by atoms with Gasteiger partial charge in [-0.15, -0.1) is 0 Å². The van der Waals surface area contributed by atoms with Gasteiger partial charge in [0, 0.05) is 12.4 Å². The summed E-state index contributed by atoms with van der Waals surface area (Å²) < 4.78 is 7.70. The molecule has 4 rings (SSSR count). The summed E-state index contributed by atoms with van der Waals surface area (Å²) in [6.07, 6.45) is 8.80. The zero-order valence-corrected chi connectivity index (χ0v) is 18.2. The van der Waals surface area contributed by atoms with Crippen molar-refractivity contribution in [2.45, 2.75) is 50.5 Å². The fourth-order valence-electron chi connectivity index (χ4n) is 4.12. The van der Waals surface area contributed by atoms with Crippen LogP contribution < -0.4 is 4.74 Å². The fraction of sp³-hybridized carbons (Fsp3) is 0.346. The molecular weight excluding hydrogens is 404 g/mol. The minimum Gasteiger partial charge on any atom is -0.488 e. The van der Waals surface area contributed by atoms with Gasteiger partial charge >= 0.3 is 0 Å². The van der Waals surface area contributed by atoms with Crippen molar-refractivity contribution in [3.05, 3.63) is 78.4 Å². The molecule has 32 heavy (non-hydrogen) atoms. The second kappa shape index (κ2) is 10.1. The summed E-state index contributed by atoms with van der Waals surface area (Å²) in [6, 6.07) is 15.8. The molecule has 0 spiro atoms. The Balaban J connectivity index is 1.41. The normalized spacial score (nSPS) is 20.5. The van der Waals surface area contributed by atoms with E-state index < -0.39 is 6.10 Å². The third-order valence-electron chi connectivity index (χ3n) is 5.93. The van der Waals surface area contributed by atoms with Gasteiger partial charge in [0.2, 0.25) is 0 Å². The minimum absolute atomic E-state index is 0.0863. The van der Waals surface area contributed by atoms with Crippen molar-refractivity contribution < 1.29 is 20.1 Å². The third kappa shape index (κ3) is 5.10. The molecule has 2 unspecified atom stereocenters. The average molecular weight is 435 g/mol. The van der Waals surface area contributed by atoms with Crippen molar-refractivity contribution in [2.24, 2.45) is 0 Å². The van der Waals surface area contributed by atoms with Gasteiger partial charge in [0.25, 0.3) is 0 Å². The van der Waals surface area contributed by atoms with Gasteiger partial charge in [-0.2, -0.15) is 0 Å². The molecule has 168 valence electrons. The first kappa shape index (κ1) is 22.3. The van der Waals surface area contributed by atoms with Gasteiger partial charge in [-0.25, -0.2) is 4.98 Å². The smallest absolute Gasteiger partial charge is 0.137 e. The number of imidazole rings is 1. The van der Waals surface area contributed by atoms with Gasteiger partial charge in [0.05, 0.1) is 18.8 Å². The second-order valence-electron chi connectivity index (χ2n) is 8.28. The van der Waals surface area contributed by atoms with E-state index in [2.05, 4.69) is 17.1 Å². The Kier molecular flexibility index (Phi) is 7.05. The van der Waals surface area contributed by atoms with E-state index >= 15 is 0 Å². The first-order valence-corrected chi connectivity index (χ1v) is 11.1. The zero-order valence-electron chi connectivity index (χ0n) is 18.2. The number of hydrogen-bond acceptors (Lipinski definition) is 5. The van der Waals surface area contributed by atoms with Crippen LogP contribution in [-0.2, 0) is 0 Å². The molecule has 6 nitrogen and oxygen atoms in total. The van der Waals surface area contributed by atoms with Gasteiger partial charge in [-0.1, -0.05) is 48.6 Å². The average Bonchev–Trinajstić information content (AvgIpc) is 3.45. The van der Waals surface area contributed by atoms with Crippen molar-refractivity contribution >= 4 is 6.08 Å². The number of aromatic nitrogens is 2. The largest absolute Gasteiger partial charge is 0.488 e. The Morgan fingerprint density at radius 1 is 1.09 bits per heavy atom. The number of benzene rings is 2. The van der Waals surface area contributed by atoms with Crippen molar-refractivity contribution in [2.75, 3.05) is 6.61 Å². The lowest BCUT2D eigenvalue weighted by molar-refractivity contribution is 0.0604. The summed E-state index contributed by atoms with van der Waals surface area (Å²) in [5.41, 5.74) is 3.20. The highest BCUT2D eigenvalue weighted by Gasteiger charge is 2.26. The van der Waals surface area contributed by atoms with Gasteiger partial charge in [-0.05, 0) is 55.0 Å². The van der Waals surface area contributed by atoms with Crippen LogP contribution in [0.3, 0.4) is 0 Å². The molecule has 0 radical (unpaired) electrons. The van der Waals surface area contributed by atoms with Gasteiger partial charge in [0.1, 0.15) is 23.8 Å². The lowest BCUT2D eigenvalue weighted by atomic mass is 10.0. The molecule has 0 bridgehead atoms. The molecule has 1 aromatic heterocycles. The molecule has 6 heteroatoms. The summed E-state index contributed by atoms with van der Waals surface area (Å²) in [5.74, 6) is 1.31. The number of aliphatic hydroxyl groups excluding tert-OH is 3. The van der Waals surface area contributed by atoms with Crippen LogP contribution in [0.5, 0.6) is 5.75 Å². The molecule has 3 N–H and O–H groups in total. The molecule has 1 aliphatic rings. The summed E-state index contributed by atoms with van der Waals surface area (Å²) in [7, 11) is 0. The van der Waals surface area contributed by atoms with Crippen LogP contribution in [0.4, 0.5) is 0 Å². The molecule has 2 aromatic carbocycles. The predicted octanol–water partition coefficient (Wildman–Crippen LogP) is 4.14. The van der Waals surface area contributed by atoms with Crippen LogP contribution in [0.2, 0.25) is 0 Å². The molecule has 0 amide bonds. The maximum atomic E-state index is 9.93. The number of aliphatic hydroxyl groups is 3. The van der Waals surface area contributed by atoms with E-state index in [0.29, 0.717) is 5.82 Å². The van der Waals surface area contributed by atoms with E-state index in [9.17, 15) is 15.3 Å². The zero-order chi connectivity index (χ0) is 22.5. The lowest BCUT2D eigenvalue weighted by Crippen LogP contribution is -2.25. The van der Waals surface area contributed by atoms with Crippen LogP contribution in [-0.4, -0.2) is 43.7 Å². The fourth-order valence-corrected chi connectivity index (χ4v) is 4.12. The number of hydrogen-bond donors (Lipinski definition) is 3. The molecule has 0 saturated heterocycles. The van der Waals surface area contributed by atoms with E-state index in [0.717, 1.165) is 41.7 Å². The molecule has 1 heterocycles. The van der Waals surface area contributed by atoms with Crippen molar-refractivity contribution in [3.8, 4) is 16.9 Å². The van der Waals surface area contributed by atoms with Gasteiger partial charge < -0.3 is 24.6 Å². The molecule has 3 aromatic rings. The van der Waals surface area contributed by atoms with Gasteiger partial charge in [-0.3, -0.25) is 0 Å². The van der Waals surface area contributed by atoms with Crippen LogP contribution in [0.15, 0.2) is 67.0 Å². The van der Waals surface area contributed by atoms with Crippen LogP contribution in [0, 0.1) is 0 Å². The van der Waals surface area contributed by atoms with Crippen LogP contribution >= 0.6 is 0 Å². The standard InChI is InChI=1S/C26H30N2O4/c1-18(30)26-27-15-16-28(26)22(17-29)12-7-19-5-8-20(9-6-19)21-10-13-23(14-11-21)32-25-4-2-3-24(25)31/h5-16,18,22,24-25,29-31H,2-4,17H2,1H3/b12-7+/t18?,22?,24-,25-/m1/s1. The Hall–Kier alpha value is -2.93. The van der Waals surface area contributed by atoms with Crippen molar-refractivity contribution in [1.82, 2.24) is 9.55 Å². The quantitative estimate of drug-likeness (QED) is 0.496. The number of ether oxygens (including phenoxy) is 1. The second-order valence-corrected chi connectivity index (χ2v) is 8.28. The Bertz CT molecular complexity index is 1020. The summed E-state index contributed by atoms with van der Waals surface area (Å²) in [6.45, 7) is 1.57. The van der Waals surface area contributed by atoms with Crippen LogP contribution in [0.25, 0.3) is 17.2 Å².